The fourth-order valence-electron chi connectivity index (χ4n) is 1.22. The maximum Gasteiger partial charge on any atom is 0.123 e. The van der Waals surface area contributed by atoms with E-state index in [1.54, 1.807) is 6.07 Å². The molecule has 0 unspecified atom stereocenters. The van der Waals surface area contributed by atoms with Gasteiger partial charge in [-0.05, 0) is 51.8 Å². The molecule has 3 heteroatoms. The Balaban J connectivity index is 3.12. The standard InChI is InChI=1S/C11H15FIN/c1-11(2,3)10(14)8-6-7(12)4-5-9(8)13/h4-6,10H,14H2,1-3H3/t10-/m0/s1. The van der Waals surface area contributed by atoms with Gasteiger partial charge in [-0.3, -0.25) is 0 Å². The SMILES string of the molecule is CC(C)(C)[C@@H](N)c1cc(F)ccc1I. The van der Waals surface area contributed by atoms with E-state index in [1.165, 1.54) is 12.1 Å². The van der Waals surface area contributed by atoms with Crippen molar-refractivity contribution in [3.63, 3.8) is 0 Å². The molecule has 0 saturated heterocycles. The zero-order valence-corrected chi connectivity index (χ0v) is 10.8. The highest BCUT2D eigenvalue weighted by molar-refractivity contribution is 14.1. The first-order valence-corrected chi connectivity index (χ1v) is 5.61. The van der Waals surface area contributed by atoms with Crippen LogP contribution >= 0.6 is 22.6 Å². The van der Waals surface area contributed by atoms with Crippen molar-refractivity contribution in [2.75, 3.05) is 0 Å². The van der Waals surface area contributed by atoms with Gasteiger partial charge < -0.3 is 5.73 Å². The van der Waals surface area contributed by atoms with Gasteiger partial charge in [0.05, 0.1) is 0 Å². The Labute approximate surface area is 98.0 Å². The quantitative estimate of drug-likeness (QED) is 0.790. The fraction of sp³-hybridized carbons (Fsp3) is 0.455. The predicted octanol–water partition coefficient (Wildman–Crippen LogP) is 3.48. The Bertz CT molecular complexity index is 331. The molecule has 0 spiro atoms. The topological polar surface area (TPSA) is 26.0 Å². The van der Waals surface area contributed by atoms with Crippen LogP contribution < -0.4 is 5.73 Å². The van der Waals surface area contributed by atoms with Crippen LogP contribution in [0.15, 0.2) is 18.2 Å². The third-order valence-corrected chi connectivity index (χ3v) is 3.21. The van der Waals surface area contributed by atoms with Crippen LogP contribution in [0.1, 0.15) is 32.4 Å². The first-order chi connectivity index (χ1) is 6.32. The van der Waals surface area contributed by atoms with Crippen LogP contribution in [0.3, 0.4) is 0 Å². The Morgan fingerprint density at radius 3 is 2.43 bits per heavy atom. The van der Waals surface area contributed by atoms with E-state index in [0.717, 1.165) is 9.13 Å². The van der Waals surface area contributed by atoms with Gasteiger partial charge in [0.1, 0.15) is 5.82 Å². The number of hydrogen-bond donors (Lipinski definition) is 1. The Kier molecular flexibility index (Phi) is 3.53. The van der Waals surface area contributed by atoms with Crippen molar-refractivity contribution >= 4 is 22.6 Å². The minimum atomic E-state index is -0.222. The van der Waals surface area contributed by atoms with E-state index in [0.29, 0.717) is 0 Å². The summed E-state index contributed by atoms with van der Waals surface area (Å²) in [7, 11) is 0. The maximum atomic E-state index is 13.0. The van der Waals surface area contributed by atoms with Crippen LogP contribution in [0.2, 0.25) is 0 Å². The highest BCUT2D eigenvalue weighted by atomic mass is 127. The zero-order chi connectivity index (χ0) is 10.9. The van der Waals surface area contributed by atoms with E-state index >= 15 is 0 Å². The molecule has 0 heterocycles. The highest BCUT2D eigenvalue weighted by Gasteiger charge is 2.24. The summed E-state index contributed by atoms with van der Waals surface area (Å²) in [6.45, 7) is 6.16. The van der Waals surface area contributed by atoms with Gasteiger partial charge in [-0.25, -0.2) is 4.39 Å². The van der Waals surface area contributed by atoms with Gasteiger partial charge in [-0.1, -0.05) is 20.8 Å². The molecule has 0 aliphatic heterocycles. The van der Waals surface area contributed by atoms with Gasteiger partial charge in [-0.2, -0.15) is 0 Å². The van der Waals surface area contributed by atoms with Crippen molar-refractivity contribution < 1.29 is 4.39 Å². The lowest BCUT2D eigenvalue weighted by Gasteiger charge is -2.28. The molecule has 0 radical (unpaired) electrons. The van der Waals surface area contributed by atoms with Crippen LogP contribution in [0.4, 0.5) is 4.39 Å². The summed E-state index contributed by atoms with van der Waals surface area (Å²) < 4.78 is 14.1. The molecule has 0 aromatic heterocycles. The number of hydrogen-bond acceptors (Lipinski definition) is 1. The van der Waals surface area contributed by atoms with Gasteiger partial charge >= 0.3 is 0 Å². The smallest absolute Gasteiger partial charge is 0.123 e. The molecule has 0 saturated carbocycles. The maximum absolute atomic E-state index is 13.0. The van der Waals surface area contributed by atoms with Crippen LogP contribution in [-0.4, -0.2) is 0 Å². The molecule has 0 aliphatic rings. The molecule has 1 aromatic rings. The number of nitrogens with two attached hydrogens (primary N) is 1. The molecular weight excluding hydrogens is 292 g/mol. The summed E-state index contributed by atoms with van der Waals surface area (Å²) in [4.78, 5) is 0. The second kappa shape index (κ2) is 4.14. The van der Waals surface area contributed by atoms with Crippen molar-refractivity contribution in [2.45, 2.75) is 26.8 Å². The minimum absolute atomic E-state index is 0.0479. The molecule has 0 bridgehead atoms. The average Bonchev–Trinajstić information content (AvgIpc) is 2.06. The van der Waals surface area contributed by atoms with Gasteiger partial charge in [0.2, 0.25) is 0 Å². The first kappa shape index (κ1) is 11.9. The normalized spacial score (nSPS) is 14.1. The molecular formula is C11H15FIN. The Morgan fingerprint density at radius 1 is 1.36 bits per heavy atom. The molecule has 1 atom stereocenters. The fourth-order valence-corrected chi connectivity index (χ4v) is 1.89. The first-order valence-electron chi connectivity index (χ1n) is 4.53. The lowest BCUT2D eigenvalue weighted by atomic mass is 9.83. The van der Waals surface area contributed by atoms with Crippen LogP contribution in [-0.2, 0) is 0 Å². The molecule has 0 fully saturated rings. The van der Waals surface area contributed by atoms with E-state index in [-0.39, 0.29) is 17.3 Å². The van der Waals surface area contributed by atoms with Gasteiger partial charge in [-0.15, -0.1) is 0 Å². The van der Waals surface area contributed by atoms with Crippen molar-refractivity contribution in [3.8, 4) is 0 Å². The van der Waals surface area contributed by atoms with E-state index in [1.807, 2.05) is 0 Å². The second-order valence-corrected chi connectivity index (χ2v) is 5.67. The third-order valence-electron chi connectivity index (χ3n) is 2.23. The predicted molar refractivity (Wildman–Crippen MR) is 65.5 cm³/mol. The second-order valence-electron chi connectivity index (χ2n) is 4.51. The monoisotopic (exact) mass is 307 g/mol. The van der Waals surface area contributed by atoms with Gasteiger partial charge in [0.25, 0.3) is 0 Å². The van der Waals surface area contributed by atoms with Crippen molar-refractivity contribution in [1.82, 2.24) is 0 Å². The van der Waals surface area contributed by atoms with Gasteiger partial charge in [0, 0.05) is 9.61 Å². The average molecular weight is 307 g/mol. The zero-order valence-electron chi connectivity index (χ0n) is 8.64. The van der Waals surface area contributed by atoms with Crippen LogP contribution in [0, 0.1) is 14.8 Å². The minimum Gasteiger partial charge on any atom is -0.323 e. The third kappa shape index (κ3) is 2.67. The van der Waals surface area contributed by atoms with E-state index in [2.05, 4.69) is 43.4 Å². The molecule has 14 heavy (non-hydrogen) atoms. The Morgan fingerprint density at radius 2 is 1.93 bits per heavy atom. The van der Waals surface area contributed by atoms with E-state index < -0.39 is 0 Å². The summed E-state index contributed by atoms with van der Waals surface area (Å²) in [5.74, 6) is -0.222. The van der Waals surface area contributed by atoms with Crippen molar-refractivity contribution in [1.29, 1.82) is 0 Å². The molecule has 2 N–H and O–H groups in total. The summed E-state index contributed by atoms with van der Waals surface area (Å²) >= 11 is 2.19. The van der Waals surface area contributed by atoms with Crippen molar-refractivity contribution in [3.05, 3.63) is 33.1 Å². The van der Waals surface area contributed by atoms with E-state index in [4.69, 9.17) is 5.73 Å². The molecule has 1 aromatic carbocycles. The molecule has 1 nitrogen and oxygen atoms in total. The number of rotatable bonds is 1. The number of benzene rings is 1. The summed E-state index contributed by atoms with van der Waals surface area (Å²) in [6.07, 6.45) is 0. The number of halogens is 2. The lowest BCUT2D eigenvalue weighted by Crippen LogP contribution is -2.27. The summed E-state index contributed by atoms with van der Waals surface area (Å²) in [5.41, 5.74) is 6.91. The highest BCUT2D eigenvalue weighted by Crippen LogP contribution is 2.33. The molecule has 78 valence electrons. The van der Waals surface area contributed by atoms with E-state index in [9.17, 15) is 4.39 Å². The molecule has 0 amide bonds. The van der Waals surface area contributed by atoms with Crippen molar-refractivity contribution in [2.24, 2.45) is 11.1 Å². The molecule has 1 rings (SSSR count). The van der Waals surface area contributed by atoms with Crippen LogP contribution in [0.25, 0.3) is 0 Å². The largest absolute Gasteiger partial charge is 0.323 e. The molecule has 0 aliphatic carbocycles. The summed E-state index contributed by atoms with van der Waals surface area (Å²) in [5, 5.41) is 0. The van der Waals surface area contributed by atoms with Gasteiger partial charge in [0.15, 0.2) is 0 Å². The Hall–Kier alpha value is -0.160. The summed E-state index contributed by atoms with van der Waals surface area (Å²) in [6, 6.07) is 4.61. The van der Waals surface area contributed by atoms with Crippen LogP contribution in [0.5, 0.6) is 0 Å². The lowest BCUT2D eigenvalue weighted by molar-refractivity contribution is 0.325.